The molecule has 0 spiro atoms. The van der Waals surface area contributed by atoms with Crippen molar-refractivity contribution in [3.8, 4) is 0 Å². The summed E-state index contributed by atoms with van der Waals surface area (Å²) in [7, 11) is 0. The van der Waals surface area contributed by atoms with Gasteiger partial charge in [0.25, 0.3) is 0 Å². The Morgan fingerprint density at radius 2 is 2.05 bits per heavy atom. The van der Waals surface area contributed by atoms with Gasteiger partial charge in [-0.3, -0.25) is 4.90 Å². The molecule has 0 bridgehead atoms. The van der Waals surface area contributed by atoms with E-state index >= 15 is 0 Å². The van der Waals surface area contributed by atoms with Crippen LogP contribution in [0.25, 0.3) is 0 Å². The molecule has 0 amide bonds. The number of benzene rings is 1. The molecule has 3 rings (SSSR count). The lowest BCUT2D eigenvalue weighted by Crippen LogP contribution is -2.41. The van der Waals surface area contributed by atoms with Crippen LogP contribution in [0.15, 0.2) is 24.3 Å². The van der Waals surface area contributed by atoms with Gasteiger partial charge in [0, 0.05) is 18.6 Å². The van der Waals surface area contributed by atoms with E-state index in [4.69, 9.17) is 5.73 Å². The molecule has 1 aromatic carbocycles. The molecule has 1 saturated heterocycles. The first kappa shape index (κ1) is 15.1. The highest BCUT2D eigenvalue weighted by molar-refractivity contribution is 5.31. The minimum atomic E-state index is 0.409. The Labute approximate surface area is 129 Å². The highest BCUT2D eigenvalue weighted by atomic mass is 15.2. The van der Waals surface area contributed by atoms with Crippen molar-refractivity contribution in [1.82, 2.24) is 4.90 Å². The van der Waals surface area contributed by atoms with Crippen molar-refractivity contribution in [1.29, 1.82) is 0 Å². The van der Waals surface area contributed by atoms with Gasteiger partial charge in [0.2, 0.25) is 0 Å². The summed E-state index contributed by atoms with van der Waals surface area (Å²) in [6.07, 6.45) is 9.43. The molecule has 21 heavy (non-hydrogen) atoms. The molecule has 116 valence electrons. The maximum Gasteiger partial charge on any atom is 0.0473 e. The fourth-order valence-electron chi connectivity index (χ4n) is 3.95. The first-order valence-corrected chi connectivity index (χ1v) is 8.89. The summed E-state index contributed by atoms with van der Waals surface area (Å²) in [4.78, 5) is 2.71. The maximum atomic E-state index is 6.20. The third-order valence-electron chi connectivity index (χ3n) is 5.36. The third-order valence-corrected chi connectivity index (χ3v) is 5.36. The summed E-state index contributed by atoms with van der Waals surface area (Å²) in [5, 5.41) is 0. The second-order valence-corrected chi connectivity index (χ2v) is 6.85. The summed E-state index contributed by atoms with van der Waals surface area (Å²) in [6.45, 7) is 4.29. The standard InChI is InChI=1S/C19H30N2/c1-2-18-9-4-3-5-12-21(18)19(14-20)17-8-6-7-16(13-17)15-10-11-15/h6-8,13,15,18-19H,2-5,9-12,14,20H2,1H3. The van der Waals surface area contributed by atoms with Crippen LogP contribution in [0.3, 0.4) is 0 Å². The van der Waals surface area contributed by atoms with Gasteiger partial charge >= 0.3 is 0 Å². The lowest BCUT2D eigenvalue weighted by molar-refractivity contribution is 0.136. The van der Waals surface area contributed by atoms with Crippen molar-refractivity contribution >= 4 is 0 Å². The van der Waals surface area contributed by atoms with Gasteiger partial charge in [-0.1, -0.05) is 44.0 Å². The predicted molar refractivity (Wildman–Crippen MR) is 89.5 cm³/mol. The fourth-order valence-corrected chi connectivity index (χ4v) is 3.95. The predicted octanol–water partition coefficient (Wildman–Crippen LogP) is 4.22. The summed E-state index contributed by atoms with van der Waals surface area (Å²) >= 11 is 0. The molecular formula is C19H30N2. The Bertz CT molecular complexity index is 453. The Hall–Kier alpha value is -0.860. The smallest absolute Gasteiger partial charge is 0.0473 e. The summed E-state index contributed by atoms with van der Waals surface area (Å²) in [6, 6.07) is 10.4. The highest BCUT2D eigenvalue weighted by Crippen LogP contribution is 2.41. The van der Waals surface area contributed by atoms with E-state index in [9.17, 15) is 0 Å². The summed E-state index contributed by atoms with van der Waals surface area (Å²) in [5.74, 6) is 0.828. The first-order chi connectivity index (χ1) is 10.3. The Balaban J connectivity index is 1.83. The van der Waals surface area contributed by atoms with Gasteiger partial charge in [0.15, 0.2) is 0 Å². The number of hydrogen-bond donors (Lipinski definition) is 1. The van der Waals surface area contributed by atoms with E-state index in [0.717, 1.165) is 12.5 Å². The van der Waals surface area contributed by atoms with Crippen LogP contribution in [0.1, 0.15) is 75.0 Å². The number of nitrogens with two attached hydrogens (primary N) is 1. The van der Waals surface area contributed by atoms with Crippen LogP contribution in [0.5, 0.6) is 0 Å². The van der Waals surface area contributed by atoms with Gasteiger partial charge in [0.05, 0.1) is 0 Å². The molecule has 2 aliphatic rings. The minimum absolute atomic E-state index is 0.409. The van der Waals surface area contributed by atoms with Gasteiger partial charge < -0.3 is 5.73 Å². The van der Waals surface area contributed by atoms with Gasteiger partial charge in [-0.15, -0.1) is 0 Å². The zero-order valence-electron chi connectivity index (χ0n) is 13.4. The van der Waals surface area contributed by atoms with Crippen LogP contribution < -0.4 is 5.73 Å². The molecule has 1 aliphatic carbocycles. The zero-order chi connectivity index (χ0) is 14.7. The maximum absolute atomic E-state index is 6.20. The van der Waals surface area contributed by atoms with Crippen molar-refractivity contribution in [2.24, 2.45) is 5.73 Å². The van der Waals surface area contributed by atoms with Gasteiger partial charge in [-0.2, -0.15) is 0 Å². The molecule has 2 N–H and O–H groups in total. The average molecular weight is 286 g/mol. The van der Waals surface area contributed by atoms with Crippen molar-refractivity contribution in [3.63, 3.8) is 0 Å². The number of nitrogens with zero attached hydrogens (tertiary/aromatic N) is 1. The summed E-state index contributed by atoms with van der Waals surface area (Å²) < 4.78 is 0. The summed E-state index contributed by atoms with van der Waals surface area (Å²) in [5.41, 5.74) is 9.19. The van der Waals surface area contributed by atoms with E-state index < -0.39 is 0 Å². The first-order valence-electron chi connectivity index (χ1n) is 8.89. The Morgan fingerprint density at radius 1 is 1.19 bits per heavy atom. The molecule has 0 aromatic heterocycles. The van der Waals surface area contributed by atoms with Crippen molar-refractivity contribution < 1.29 is 0 Å². The molecule has 2 atom stereocenters. The lowest BCUT2D eigenvalue weighted by Gasteiger charge is -2.36. The minimum Gasteiger partial charge on any atom is -0.329 e. The second kappa shape index (κ2) is 6.93. The van der Waals surface area contributed by atoms with E-state index in [-0.39, 0.29) is 0 Å². The van der Waals surface area contributed by atoms with E-state index in [1.807, 2.05) is 0 Å². The molecule has 1 heterocycles. The molecule has 2 heteroatoms. The number of hydrogen-bond acceptors (Lipinski definition) is 2. The van der Waals surface area contributed by atoms with E-state index in [1.165, 1.54) is 62.6 Å². The van der Waals surface area contributed by atoms with Crippen LogP contribution >= 0.6 is 0 Å². The monoisotopic (exact) mass is 286 g/mol. The van der Waals surface area contributed by atoms with Crippen LogP contribution in [-0.4, -0.2) is 24.0 Å². The van der Waals surface area contributed by atoms with E-state index in [0.29, 0.717) is 12.1 Å². The number of likely N-dealkylation sites (tertiary alicyclic amines) is 1. The Kier molecular flexibility index (Phi) is 4.97. The molecule has 2 unspecified atom stereocenters. The Morgan fingerprint density at radius 3 is 2.76 bits per heavy atom. The van der Waals surface area contributed by atoms with E-state index in [1.54, 1.807) is 0 Å². The molecule has 1 aromatic rings. The zero-order valence-corrected chi connectivity index (χ0v) is 13.4. The molecular weight excluding hydrogens is 256 g/mol. The normalized spacial score (nSPS) is 25.5. The van der Waals surface area contributed by atoms with Crippen LogP contribution in [-0.2, 0) is 0 Å². The SMILES string of the molecule is CCC1CCCCCN1C(CN)c1cccc(C2CC2)c1. The van der Waals surface area contributed by atoms with Gasteiger partial charge in [0.1, 0.15) is 0 Å². The fraction of sp³-hybridized carbons (Fsp3) is 0.684. The van der Waals surface area contributed by atoms with Crippen molar-refractivity contribution in [3.05, 3.63) is 35.4 Å². The molecule has 2 nitrogen and oxygen atoms in total. The molecule has 1 saturated carbocycles. The van der Waals surface area contributed by atoms with Crippen LogP contribution in [0.2, 0.25) is 0 Å². The molecule has 0 radical (unpaired) electrons. The highest BCUT2D eigenvalue weighted by Gasteiger charge is 2.28. The molecule has 1 aliphatic heterocycles. The van der Waals surface area contributed by atoms with Crippen LogP contribution in [0, 0.1) is 0 Å². The van der Waals surface area contributed by atoms with E-state index in [2.05, 4.69) is 36.1 Å². The van der Waals surface area contributed by atoms with Gasteiger partial charge in [-0.25, -0.2) is 0 Å². The quantitative estimate of drug-likeness (QED) is 0.878. The topological polar surface area (TPSA) is 29.3 Å². The third kappa shape index (κ3) is 3.49. The lowest BCUT2D eigenvalue weighted by atomic mass is 9.98. The van der Waals surface area contributed by atoms with Gasteiger partial charge in [-0.05, 0) is 55.7 Å². The molecule has 2 fully saturated rings. The van der Waals surface area contributed by atoms with Crippen molar-refractivity contribution in [2.75, 3.05) is 13.1 Å². The number of rotatable bonds is 5. The average Bonchev–Trinajstić information content (AvgIpc) is 3.36. The second-order valence-electron chi connectivity index (χ2n) is 6.85. The largest absolute Gasteiger partial charge is 0.329 e. The van der Waals surface area contributed by atoms with Crippen molar-refractivity contribution in [2.45, 2.75) is 69.9 Å². The van der Waals surface area contributed by atoms with Crippen LogP contribution in [0.4, 0.5) is 0 Å².